The zero-order valence-electron chi connectivity index (χ0n) is 14.4. The molecule has 1 N–H and O–H groups in total. The van der Waals surface area contributed by atoms with E-state index in [1.807, 2.05) is 0 Å². The average Bonchev–Trinajstić information content (AvgIpc) is 2.69. The minimum Gasteiger partial charge on any atom is -0.482 e. The van der Waals surface area contributed by atoms with Crippen LogP contribution in [0.2, 0.25) is 0 Å². The fourth-order valence-corrected chi connectivity index (χ4v) is 4.35. The van der Waals surface area contributed by atoms with Crippen LogP contribution in [-0.4, -0.2) is 46.8 Å². The Morgan fingerprint density at radius 3 is 2.44 bits per heavy atom. The Hall–Kier alpha value is -3.20. The molecular weight excluding hydrogens is 374 g/mol. The van der Waals surface area contributed by atoms with Crippen LogP contribution in [0.15, 0.2) is 46.2 Å². The number of hydrogen-bond acceptors (Lipinski definition) is 7. The lowest BCUT2D eigenvalue weighted by Gasteiger charge is -2.20. The number of sulfone groups is 1. The highest BCUT2D eigenvalue weighted by atomic mass is 32.2. The van der Waals surface area contributed by atoms with Gasteiger partial charge in [0.2, 0.25) is 9.84 Å². The van der Waals surface area contributed by atoms with Crippen molar-refractivity contribution in [2.75, 3.05) is 20.8 Å². The van der Waals surface area contributed by atoms with E-state index in [1.165, 1.54) is 50.6 Å². The van der Waals surface area contributed by atoms with Gasteiger partial charge in [-0.1, -0.05) is 0 Å². The largest absolute Gasteiger partial charge is 0.482 e. The van der Waals surface area contributed by atoms with Crippen LogP contribution in [0.4, 0.5) is 0 Å². The van der Waals surface area contributed by atoms with Gasteiger partial charge < -0.3 is 14.8 Å². The highest BCUT2D eigenvalue weighted by Crippen LogP contribution is 2.36. The van der Waals surface area contributed by atoms with Gasteiger partial charge in [-0.25, -0.2) is 13.2 Å². The minimum atomic E-state index is -4.00. The quantitative estimate of drug-likeness (QED) is 0.661. The average molecular weight is 389 g/mol. The molecule has 9 heteroatoms. The van der Waals surface area contributed by atoms with Gasteiger partial charge in [-0.2, -0.15) is 0 Å². The third kappa shape index (κ3) is 3.17. The van der Waals surface area contributed by atoms with E-state index in [2.05, 4.69) is 10.1 Å². The lowest BCUT2D eigenvalue weighted by Crippen LogP contribution is -2.23. The van der Waals surface area contributed by atoms with E-state index in [0.717, 1.165) is 0 Å². The number of carbonyl (C=O) groups is 3. The van der Waals surface area contributed by atoms with E-state index < -0.39 is 27.5 Å². The van der Waals surface area contributed by atoms with Gasteiger partial charge in [0.05, 0.1) is 16.9 Å². The van der Waals surface area contributed by atoms with E-state index in [4.69, 9.17) is 4.74 Å². The van der Waals surface area contributed by atoms with E-state index in [0.29, 0.717) is 0 Å². The number of amides is 1. The number of rotatable bonds is 4. The predicted molar refractivity (Wildman–Crippen MR) is 92.7 cm³/mol. The van der Waals surface area contributed by atoms with Crippen LogP contribution in [0, 0.1) is 0 Å². The van der Waals surface area contributed by atoms with Gasteiger partial charge in [0, 0.05) is 23.7 Å². The molecule has 0 saturated carbocycles. The normalized spacial score (nSPS) is 13.9. The summed E-state index contributed by atoms with van der Waals surface area (Å²) in [6, 6.07) is 7.74. The number of ether oxygens (including phenoxy) is 2. The molecule has 1 heterocycles. The number of ketones is 1. The zero-order valence-corrected chi connectivity index (χ0v) is 15.3. The Bertz CT molecular complexity index is 1070. The Kier molecular flexibility index (Phi) is 4.71. The molecule has 0 fully saturated rings. The number of methoxy groups -OCH3 is 1. The second kappa shape index (κ2) is 6.84. The molecule has 0 atom stereocenters. The summed E-state index contributed by atoms with van der Waals surface area (Å²) in [6.45, 7) is -0.373. The van der Waals surface area contributed by atoms with E-state index >= 15 is 0 Å². The maximum absolute atomic E-state index is 12.9. The van der Waals surface area contributed by atoms with Crippen molar-refractivity contribution in [1.82, 2.24) is 5.32 Å². The monoisotopic (exact) mass is 389 g/mol. The van der Waals surface area contributed by atoms with Crippen molar-refractivity contribution in [2.24, 2.45) is 0 Å². The van der Waals surface area contributed by atoms with Crippen LogP contribution < -0.4 is 10.1 Å². The molecule has 2 aromatic rings. The molecule has 0 unspecified atom stereocenters. The highest BCUT2D eigenvalue weighted by molar-refractivity contribution is 7.91. The van der Waals surface area contributed by atoms with Crippen LogP contribution in [0.25, 0.3) is 0 Å². The molecule has 140 valence electrons. The molecule has 2 aromatic carbocycles. The molecule has 27 heavy (non-hydrogen) atoms. The highest BCUT2D eigenvalue weighted by Gasteiger charge is 2.35. The first kappa shape index (κ1) is 18.6. The summed E-state index contributed by atoms with van der Waals surface area (Å²) < 4.78 is 35.5. The van der Waals surface area contributed by atoms with Crippen LogP contribution in [-0.2, 0) is 19.4 Å². The van der Waals surface area contributed by atoms with Gasteiger partial charge in [0.1, 0.15) is 5.75 Å². The van der Waals surface area contributed by atoms with Crippen LogP contribution in [0.1, 0.15) is 26.3 Å². The third-order valence-corrected chi connectivity index (χ3v) is 5.93. The maximum Gasteiger partial charge on any atom is 0.343 e. The molecule has 0 radical (unpaired) electrons. The zero-order chi connectivity index (χ0) is 19.8. The first-order valence-electron chi connectivity index (χ1n) is 7.79. The van der Waals surface area contributed by atoms with Crippen LogP contribution in [0.5, 0.6) is 5.75 Å². The Labute approximate surface area is 155 Å². The molecule has 1 amide bonds. The van der Waals surface area contributed by atoms with Gasteiger partial charge in [0.25, 0.3) is 5.91 Å². The fourth-order valence-electron chi connectivity index (χ4n) is 2.69. The van der Waals surface area contributed by atoms with Crippen molar-refractivity contribution in [2.45, 2.75) is 9.79 Å². The van der Waals surface area contributed by atoms with Gasteiger partial charge in [-0.05, 0) is 36.4 Å². The van der Waals surface area contributed by atoms with Gasteiger partial charge >= 0.3 is 5.97 Å². The summed E-state index contributed by atoms with van der Waals surface area (Å²) in [5, 5.41) is 2.41. The molecule has 8 nitrogen and oxygen atoms in total. The molecular formula is C18H15NO7S. The molecule has 3 rings (SSSR count). The molecule has 1 aliphatic rings. The number of esters is 1. The predicted octanol–water partition coefficient (Wildman–Crippen LogP) is 0.975. The standard InChI is InChI=1S/C18H15NO7S/c1-19-18(22)10-3-5-12-15(7-10)27(23,24)14-6-4-11(8-13(14)17(12)21)26-9-16(20)25-2/h3-8H,9H2,1-2H3,(H,19,22). The smallest absolute Gasteiger partial charge is 0.343 e. The number of carbonyl (C=O) groups excluding carboxylic acids is 3. The summed E-state index contributed by atoms with van der Waals surface area (Å²) in [7, 11) is -1.37. The van der Waals surface area contributed by atoms with Crippen LogP contribution >= 0.6 is 0 Å². The van der Waals surface area contributed by atoms with Gasteiger partial charge in [0.15, 0.2) is 12.4 Å². The van der Waals surface area contributed by atoms with Gasteiger partial charge in [-0.3, -0.25) is 9.59 Å². The Morgan fingerprint density at radius 1 is 1.04 bits per heavy atom. The second-order valence-electron chi connectivity index (χ2n) is 5.65. The number of benzene rings is 2. The lowest BCUT2D eigenvalue weighted by atomic mass is 10.0. The fraction of sp³-hybridized carbons (Fsp3) is 0.167. The molecule has 1 aliphatic heterocycles. The van der Waals surface area contributed by atoms with Crippen molar-refractivity contribution in [3.63, 3.8) is 0 Å². The summed E-state index contributed by atoms with van der Waals surface area (Å²) >= 11 is 0. The van der Waals surface area contributed by atoms with E-state index in [1.54, 1.807) is 0 Å². The van der Waals surface area contributed by atoms with Crippen molar-refractivity contribution in [3.8, 4) is 5.75 Å². The summed E-state index contributed by atoms with van der Waals surface area (Å²) in [5.74, 6) is -1.42. The second-order valence-corrected chi connectivity index (χ2v) is 7.53. The minimum absolute atomic E-state index is 0.0275. The molecule has 0 spiro atoms. The summed E-state index contributed by atoms with van der Waals surface area (Å²) in [4.78, 5) is 35.3. The lowest BCUT2D eigenvalue weighted by molar-refractivity contribution is -0.142. The Morgan fingerprint density at radius 2 is 1.78 bits per heavy atom. The first-order valence-corrected chi connectivity index (χ1v) is 9.27. The van der Waals surface area contributed by atoms with Gasteiger partial charge in [-0.15, -0.1) is 0 Å². The van der Waals surface area contributed by atoms with Crippen LogP contribution in [0.3, 0.4) is 0 Å². The van der Waals surface area contributed by atoms with Crippen molar-refractivity contribution in [1.29, 1.82) is 0 Å². The molecule has 0 bridgehead atoms. The summed E-state index contributed by atoms with van der Waals surface area (Å²) in [5.41, 5.74) is 0.0481. The number of hydrogen-bond donors (Lipinski definition) is 1. The third-order valence-electron chi connectivity index (χ3n) is 4.07. The molecule has 0 aliphatic carbocycles. The molecule has 0 aromatic heterocycles. The maximum atomic E-state index is 12.9. The summed E-state index contributed by atoms with van der Waals surface area (Å²) in [6.07, 6.45) is 0. The van der Waals surface area contributed by atoms with Crippen molar-refractivity contribution >= 4 is 27.5 Å². The van der Waals surface area contributed by atoms with E-state index in [-0.39, 0.29) is 38.8 Å². The van der Waals surface area contributed by atoms with Crippen molar-refractivity contribution in [3.05, 3.63) is 53.1 Å². The van der Waals surface area contributed by atoms with E-state index in [9.17, 15) is 22.8 Å². The Balaban J connectivity index is 2.07. The topological polar surface area (TPSA) is 116 Å². The first-order chi connectivity index (χ1) is 12.8. The SMILES string of the molecule is CNC(=O)c1ccc2c(c1)S(=O)(=O)c1ccc(OCC(=O)OC)cc1C2=O. The number of fused-ring (bicyclic) bond motifs is 2. The van der Waals surface area contributed by atoms with Crippen molar-refractivity contribution < 1.29 is 32.3 Å². The number of nitrogens with one attached hydrogen (secondary N) is 1. The molecule has 0 saturated heterocycles.